The van der Waals surface area contributed by atoms with Crippen molar-refractivity contribution in [2.75, 3.05) is 31.6 Å². The number of aryl methyl sites for hydroxylation is 2. The van der Waals surface area contributed by atoms with Gasteiger partial charge in [-0.1, -0.05) is 6.07 Å². The first kappa shape index (κ1) is 18.3. The third-order valence-electron chi connectivity index (χ3n) is 5.54. The van der Waals surface area contributed by atoms with Crippen molar-refractivity contribution in [2.45, 2.75) is 51.5 Å². The second kappa shape index (κ2) is 8.31. The molecule has 1 N–H and O–H groups in total. The van der Waals surface area contributed by atoms with Crippen molar-refractivity contribution in [3.63, 3.8) is 0 Å². The minimum Gasteiger partial charge on any atom is -0.381 e. The van der Waals surface area contributed by atoms with Gasteiger partial charge < -0.3 is 10.1 Å². The van der Waals surface area contributed by atoms with Gasteiger partial charge >= 0.3 is 0 Å². The van der Waals surface area contributed by atoms with Crippen molar-refractivity contribution in [1.29, 1.82) is 0 Å². The highest BCUT2D eigenvalue weighted by Crippen LogP contribution is 2.29. The van der Waals surface area contributed by atoms with Crippen LogP contribution in [0.25, 0.3) is 0 Å². The number of piperidine rings is 1. The summed E-state index contributed by atoms with van der Waals surface area (Å²) in [5, 5.41) is 3.35. The second-order valence-corrected chi connectivity index (χ2v) is 7.72. The molecule has 4 heterocycles. The van der Waals surface area contributed by atoms with E-state index < -0.39 is 0 Å². The van der Waals surface area contributed by atoms with Crippen molar-refractivity contribution < 1.29 is 4.74 Å². The van der Waals surface area contributed by atoms with E-state index in [0.29, 0.717) is 12.0 Å². The predicted octanol–water partition coefficient (Wildman–Crippen LogP) is 3.59. The van der Waals surface area contributed by atoms with Crippen LogP contribution in [-0.4, -0.2) is 52.2 Å². The van der Waals surface area contributed by atoms with Crippen LogP contribution in [0, 0.1) is 13.8 Å². The number of nitrogens with one attached hydrogen (secondary N) is 1. The fourth-order valence-corrected chi connectivity index (χ4v) is 4.18. The lowest BCUT2D eigenvalue weighted by molar-refractivity contribution is 0.0235. The van der Waals surface area contributed by atoms with E-state index in [1.165, 1.54) is 13.0 Å². The molecule has 2 aromatic heterocycles. The van der Waals surface area contributed by atoms with E-state index in [9.17, 15) is 0 Å². The van der Waals surface area contributed by atoms with Crippen molar-refractivity contribution in [2.24, 2.45) is 0 Å². The van der Waals surface area contributed by atoms with Gasteiger partial charge in [-0.3, -0.25) is 4.90 Å². The number of aromatic nitrogens is 3. The average molecular weight is 367 g/mol. The molecule has 0 radical (unpaired) electrons. The standard InChI is InChI=1S/C21H29N5O/c1-15-5-3-7-19(22-15)24-20-13-16(2)23-21(25-20)17-6-4-10-26(14-17)18-8-11-27-12-9-18/h3,5,7,13,17-18H,4,6,8-12,14H2,1-2H3,(H,22,23,24,25). The van der Waals surface area contributed by atoms with Crippen molar-refractivity contribution in [3.05, 3.63) is 41.5 Å². The van der Waals surface area contributed by atoms with Gasteiger partial charge in [0.1, 0.15) is 17.5 Å². The van der Waals surface area contributed by atoms with Crippen molar-refractivity contribution in [1.82, 2.24) is 19.9 Å². The summed E-state index contributed by atoms with van der Waals surface area (Å²) in [4.78, 5) is 16.8. The number of pyridine rings is 1. The Kier molecular flexibility index (Phi) is 5.64. The number of hydrogen-bond acceptors (Lipinski definition) is 6. The van der Waals surface area contributed by atoms with Crippen LogP contribution in [0.3, 0.4) is 0 Å². The van der Waals surface area contributed by atoms with E-state index in [4.69, 9.17) is 14.7 Å². The van der Waals surface area contributed by atoms with Gasteiger partial charge in [-0.2, -0.15) is 0 Å². The number of likely N-dealkylation sites (tertiary alicyclic amines) is 1. The van der Waals surface area contributed by atoms with Gasteiger partial charge in [0.15, 0.2) is 0 Å². The minimum absolute atomic E-state index is 0.396. The fraction of sp³-hybridized carbons (Fsp3) is 0.571. The summed E-state index contributed by atoms with van der Waals surface area (Å²) in [5.41, 5.74) is 1.99. The van der Waals surface area contributed by atoms with Gasteiger partial charge in [0, 0.05) is 49.2 Å². The van der Waals surface area contributed by atoms with Crippen LogP contribution in [0.15, 0.2) is 24.3 Å². The zero-order valence-corrected chi connectivity index (χ0v) is 16.3. The second-order valence-electron chi connectivity index (χ2n) is 7.72. The summed E-state index contributed by atoms with van der Waals surface area (Å²) in [6.45, 7) is 8.06. The Labute approximate surface area is 161 Å². The van der Waals surface area contributed by atoms with Crippen molar-refractivity contribution in [3.8, 4) is 0 Å². The fourth-order valence-electron chi connectivity index (χ4n) is 4.18. The van der Waals surface area contributed by atoms with Crippen molar-refractivity contribution >= 4 is 11.6 Å². The lowest BCUT2D eigenvalue weighted by atomic mass is 9.94. The number of hydrogen-bond donors (Lipinski definition) is 1. The molecule has 6 heteroatoms. The molecule has 6 nitrogen and oxygen atoms in total. The molecule has 0 saturated carbocycles. The Morgan fingerprint density at radius 2 is 1.85 bits per heavy atom. The summed E-state index contributed by atoms with van der Waals surface area (Å²) in [6, 6.07) is 8.62. The zero-order valence-electron chi connectivity index (χ0n) is 16.3. The first-order valence-corrected chi connectivity index (χ1v) is 10.1. The summed E-state index contributed by atoms with van der Waals surface area (Å²) in [5.74, 6) is 3.01. The van der Waals surface area contributed by atoms with E-state index in [2.05, 4.69) is 15.2 Å². The quantitative estimate of drug-likeness (QED) is 0.891. The molecule has 2 aliphatic rings. The van der Waals surface area contributed by atoms with E-state index in [-0.39, 0.29) is 0 Å². The molecule has 4 rings (SSSR count). The van der Waals surface area contributed by atoms with Crippen LogP contribution in [-0.2, 0) is 4.74 Å². The number of anilines is 2. The average Bonchev–Trinajstić information content (AvgIpc) is 2.68. The highest BCUT2D eigenvalue weighted by molar-refractivity contribution is 5.52. The van der Waals surface area contributed by atoms with Crippen LogP contribution < -0.4 is 5.32 Å². The molecule has 0 bridgehead atoms. The first-order chi connectivity index (χ1) is 13.2. The molecule has 0 amide bonds. The van der Waals surface area contributed by atoms with Gasteiger partial charge in [-0.05, 0) is 58.2 Å². The molecular weight excluding hydrogens is 338 g/mol. The zero-order chi connectivity index (χ0) is 18.6. The van der Waals surface area contributed by atoms with Gasteiger partial charge in [0.05, 0.1) is 0 Å². The highest BCUT2D eigenvalue weighted by atomic mass is 16.5. The van der Waals surface area contributed by atoms with Gasteiger partial charge in [-0.25, -0.2) is 15.0 Å². The topological polar surface area (TPSA) is 63.2 Å². The normalized spacial score (nSPS) is 21.9. The van der Waals surface area contributed by atoms with Crippen LogP contribution >= 0.6 is 0 Å². The monoisotopic (exact) mass is 367 g/mol. The molecule has 27 heavy (non-hydrogen) atoms. The maximum Gasteiger partial charge on any atom is 0.135 e. The van der Waals surface area contributed by atoms with E-state index >= 15 is 0 Å². The predicted molar refractivity (Wildman–Crippen MR) is 106 cm³/mol. The highest BCUT2D eigenvalue weighted by Gasteiger charge is 2.29. The Morgan fingerprint density at radius 3 is 2.67 bits per heavy atom. The summed E-state index contributed by atoms with van der Waals surface area (Å²) >= 11 is 0. The van der Waals surface area contributed by atoms with Crippen LogP contribution in [0.1, 0.15) is 48.8 Å². The molecule has 144 valence electrons. The lowest BCUT2D eigenvalue weighted by Crippen LogP contribution is -2.44. The molecule has 0 spiro atoms. The van der Waals surface area contributed by atoms with Crippen LogP contribution in [0.4, 0.5) is 11.6 Å². The number of nitrogens with zero attached hydrogens (tertiary/aromatic N) is 4. The largest absolute Gasteiger partial charge is 0.381 e. The summed E-state index contributed by atoms with van der Waals surface area (Å²) < 4.78 is 5.53. The molecule has 1 atom stereocenters. The van der Waals surface area contributed by atoms with E-state index in [1.807, 2.05) is 38.1 Å². The minimum atomic E-state index is 0.396. The van der Waals surface area contributed by atoms with E-state index in [1.54, 1.807) is 0 Å². The summed E-state index contributed by atoms with van der Waals surface area (Å²) in [6.07, 6.45) is 4.66. The third-order valence-corrected chi connectivity index (χ3v) is 5.54. The SMILES string of the molecule is Cc1cccc(Nc2cc(C)nc(C3CCCN(C4CCOCC4)C3)n2)n1. The van der Waals surface area contributed by atoms with Gasteiger partial charge in [0.2, 0.25) is 0 Å². The molecular formula is C21H29N5O. The molecule has 2 aliphatic heterocycles. The third kappa shape index (κ3) is 4.62. The smallest absolute Gasteiger partial charge is 0.135 e. The van der Waals surface area contributed by atoms with Gasteiger partial charge in [-0.15, -0.1) is 0 Å². The maximum atomic E-state index is 5.53. The molecule has 2 fully saturated rings. The summed E-state index contributed by atoms with van der Waals surface area (Å²) in [7, 11) is 0. The van der Waals surface area contributed by atoms with Gasteiger partial charge in [0.25, 0.3) is 0 Å². The Morgan fingerprint density at radius 1 is 1.00 bits per heavy atom. The number of ether oxygens (including phenoxy) is 1. The molecule has 0 aromatic carbocycles. The van der Waals surface area contributed by atoms with Crippen LogP contribution in [0.2, 0.25) is 0 Å². The Bertz CT molecular complexity index is 775. The maximum absolute atomic E-state index is 5.53. The first-order valence-electron chi connectivity index (χ1n) is 10.1. The molecule has 0 aliphatic carbocycles. The van der Waals surface area contributed by atoms with Crippen LogP contribution in [0.5, 0.6) is 0 Å². The Balaban J connectivity index is 1.50. The lowest BCUT2D eigenvalue weighted by Gasteiger charge is -2.39. The number of rotatable bonds is 4. The molecule has 2 saturated heterocycles. The van der Waals surface area contributed by atoms with E-state index in [0.717, 1.165) is 67.9 Å². The molecule has 1 unspecified atom stereocenters. The Hall–Kier alpha value is -2.05. The molecule has 2 aromatic rings.